The average molecular weight is 308 g/mol. The van der Waals surface area contributed by atoms with Crippen LogP contribution in [0.25, 0.3) is 6.08 Å². The molecule has 0 amide bonds. The van der Waals surface area contributed by atoms with Gasteiger partial charge in [-0.25, -0.2) is 9.97 Å². The predicted octanol–water partition coefficient (Wildman–Crippen LogP) is 3.09. The largest absolute Gasteiger partial charge is 0.356 e. The van der Waals surface area contributed by atoms with Gasteiger partial charge in [0.1, 0.15) is 12.1 Å². The maximum absolute atomic E-state index is 4.49. The lowest BCUT2D eigenvalue weighted by Gasteiger charge is -2.23. The van der Waals surface area contributed by atoms with E-state index in [4.69, 9.17) is 0 Å². The molecule has 4 heteroatoms. The molecule has 0 spiro atoms. The molecule has 0 saturated carbocycles. The van der Waals surface area contributed by atoms with Crippen LogP contribution in [0.3, 0.4) is 0 Å². The van der Waals surface area contributed by atoms with Crippen molar-refractivity contribution in [1.82, 2.24) is 15.3 Å². The van der Waals surface area contributed by atoms with Gasteiger partial charge in [0.2, 0.25) is 0 Å². The van der Waals surface area contributed by atoms with Crippen LogP contribution in [0.5, 0.6) is 0 Å². The molecule has 23 heavy (non-hydrogen) atoms. The minimum absolute atomic E-state index is 0.561. The molecule has 0 unspecified atom stereocenters. The normalized spacial score (nSPS) is 15.9. The predicted molar refractivity (Wildman–Crippen MR) is 95.6 cm³/mol. The lowest BCUT2D eigenvalue weighted by Crippen LogP contribution is -2.27. The van der Waals surface area contributed by atoms with Crippen molar-refractivity contribution in [2.75, 3.05) is 31.6 Å². The Hall–Kier alpha value is -2.20. The number of benzene rings is 1. The number of nitrogens with one attached hydrogen (secondary N) is 1. The van der Waals surface area contributed by atoms with E-state index < -0.39 is 0 Å². The molecule has 1 aromatic heterocycles. The highest BCUT2D eigenvalue weighted by atomic mass is 15.2. The van der Waals surface area contributed by atoms with Crippen molar-refractivity contribution in [3.8, 4) is 0 Å². The number of aromatic nitrogens is 2. The summed E-state index contributed by atoms with van der Waals surface area (Å²) >= 11 is 0. The van der Waals surface area contributed by atoms with Crippen LogP contribution >= 0.6 is 0 Å². The third-order valence-electron chi connectivity index (χ3n) is 4.31. The molecule has 2 aromatic rings. The summed E-state index contributed by atoms with van der Waals surface area (Å²) in [6.45, 7) is 3.00. The Kier molecular flexibility index (Phi) is 5.37. The van der Waals surface area contributed by atoms with Crippen molar-refractivity contribution >= 4 is 11.9 Å². The third-order valence-corrected chi connectivity index (χ3v) is 4.31. The van der Waals surface area contributed by atoms with E-state index >= 15 is 0 Å². The number of anilines is 1. The first-order valence-electron chi connectivity index (χ1n) is 8.28. The minimum Gasteiger partial charge on any atom is -0.356 e. The summed E-state index contributed by atoms with van der Waals surface area (Å²) in [6, 6.07) is 12.5. The molecule has 2 heterocycles. The van der Waals surface area contributed by atoms with Gasteiger partial charge >= 0.3 is 0 Å². The van der Waals surface area contributed by atoms with Crippen LogP contribution in [0.4, 0.5) is 5.82 Å². The molecule has 0 atom stereocenters. The summed E-state index contributed by atoms with van der Waals surface area (Å²) < 4.78 is 0. The van der Waals surface area contributed by atoms with Gasteiger partial charge in [0, 0.05) is 31.3 Å². The third kappa shape index (κ3) is 4.39. The summed E-state index contributed by atoms with van der Waals surface area (Å²) in [7, 11) is 2.07. The first-order valence-corrected chi connectivity index (χ1v) is 8.28. The molecule has 0 radical (unpaired) electrons. The van der Waals surface area contributed by atoms with E-state index in [-0.39, 0.29) is 0 Å². The van der Waals surface area contributed by atoms with Crippen LogP contribution in [-0.4, -0.2) is 36.6 Å². The molecule has 1 aliphatic rings. The Morgan fingerprint density at radius 2 is 1.96 bits per heavy atom. The van der Waals surface area contributed by atoms with Crippen molar-refractivity contribution in [1.29, 1.82) is 0 Å². The highest BCUT2D eigenvalue weighted by Crippen LogP contribution is 2.25. The van der Waals surface area contributed by atoms with Crippen LogP contribution in [0.2, 0.25) is 0 Å². The SMILES string of the molecule is CN(C/C=C/c1ccccc1)c1cc(C2CCNCC2)ncn1. The quantitative estimate of drug-likeness (QED) is 0.921. The zero-order valence-corrected chi connectivity index (χ0v) is 13.7. The van der Waals surface area contributed by atoms with Crippen molar-refractivity contribution in [3.63, 3.8) is 0 Å². The molecular weight excluding hydrogens is 284 g/mol. The molecule has 1 aliphatic heterocycles. The highest BCUT2D eigenvalue weighted by molar-refractivity contribution is 5.50. The summed E-state index contributed by atoms with van der Waals surface area (Å²) in [5, 5.41) is 3.40. The van der Waals surface area contributed by atoms with E-state index in [9.17, 15) is 0 Å². The molecule has 3 rings (SSSR count). The van der Waals surface area contributed by atoms with Gasteiger partial charge < -0.3 is 10.2 Å². The maximum Gasteiger partial charge on any atom is 0.132 e. The van der Waals surface area contributed by atoms with Gasteiger partial charge in [-0.3, -0.25) is 0 Å². The van der Waals surface area contributed by atoms with E-state index in [2.05, 4.69) is 69.7 Å². The molecule has 120 valence electrons. The molecule has 1 saturated heterocycles. The standard InChI is InChI=1S/C19H24N4/c1-23(13-5-8-16-6-3-2-4-7-16)19-14-18(21-15-22-19)17-9-11-20-12-10-17/h2-8,14-15,17,20H,9-13H2,1H3/b8-5+. The van der Waals surface area contributed by atoms with E-state index in [0.29, 0.717) is 5.92 Å². The smallest absolute Gasteiger partial charge is 0.132 e. The fourth-order valence-electron chi connectivity index (χ4n) is 2.92. The number of nitrogens with zero attached hydrogens (tertiary/aromatic N) is 3. The van der Waals surface area contributed by atoms with E-state index in [1.54, 1.807) is 6.33 Å². The maximum atomic E-state index is 4.49. The highest BCUT2D eigenvalue weighted by Gasteiger charge is 2.17. The first kappa shape index (κ1) is 15.7. The van der Waals surface area contributed by atoms with E-state index in [0.717, 1.165) is 38.3 Å². The second-order valence-electron chi connectivity index (χ2n) is 6.02. The fraction of sp³-hybridized carbons (Fsp3) is 0.368. The van der Waals surface area contributed by atoms with Crippen molar-refractivity contribution in [2.24, 2.45) is 0 Å². The van der Waals surface area contributed by atoms with E-state index in [1.165, 1.54) is 11.3 Å². The number of hydrogen-bond donors (Lipinski definition) is 1. The molecule has 4 nitrogen and oxygen atoms in total. The molecule has 1 fully saturated rings. The number of piperidine rings is 1. The fourth-order valence-corrected chi connectivity index (χ4v) is 2.92. The number of likely N-dealkylation sites (N-methyl/N-ethyl adjacent to an activating group) is 1. The minimum atomic E-state index is 0.561. The van der Waals surface area contributed by atoms with Crippen molar-refractivity contribution in [2.45, 2.75) is 18.8 Å². The second-order valence-corrected chi connectivity index (χ2v) is 6.02. The zero-order chi connectivity index (χ0) is 15.9. The van der Waals surface area contributed by atoms with Gasteiger partial charge in [-0.1, -0.05) is 42.5 Å². The summed E-state index contributed by atoms with van der Waals surface area (Å²) in [4.78, 5) is 11.1. The molecule has 0 bridgehead atoms. The Morgan fingerprint density at radius 3 is 2.74 bits per heavy atom. The van der Waals surface area contributed by atoms with Crippen molar-refractivity contribution in [3.05, 3.63) is 60.1 Å². The Balaban J connectivity index is 1.62. The molecule has 1 N–H and O–H groups in total. The second kappa shape index (κ2) is 7.88. The van der Waals surface area contributed by atoms with Crippen LogP contribution in [0.15, 0.2) is 48.8 Å². The summed E-state index contributed by atoms with van der Waals surface area (Å²) in [6.07, 6.45) is 8.33. The van der Waals surface area contributed by atoms with Crippen LogP contribution < -0.4 is 10.2 Å². The van der Waals surface area contributed by atoms with Gasteiger partial charge in [0.05, 0.1) is 0 Å². The molecule has 0 aliphatic carbocycles. The van der Waals surface area contributed by atoms with Gasteiger partial charge in [-0.05, 0) is 31.5 Å². The Morgan fingerprint density at radius 1 is 1.17 bits per heavy atom. The molecular formula is C19H24N4. The van der Waals surface area contributed by atoms with E-state index in [1.807, 2.05) is 6.07 Å². The number of rotatable bonds is 5. The van der Waals surface area contributed by atoms with Crippen LogP contribution in [0.1, 0.15) is 30.0 Å². The monoisotopic (exact) mass is 308 g/mol. The number of hydrogen-bond acceptors (Lipinski definition) is 4. The van der Waals surface area contributed by atoms with Crippen LogP contribution in [0, 0.1) is 0 Å². The van der Waals surface area contributed by atoms with Crippen molar-refractivity contribution < 1.29 is 0 Å². The van der Waals surface area contributed by atoms with Gasteiger partial charge in [-0.15, -0.1) is 0 Å². The van der Waals surface area contributed by atoms with Gasteiger partial charge in [-0.2, -0.15) is 0 Å². The molecule has 1 aromatic carbocycles. The average Bonchev–Trinajstić information content (AvgIpc) is 2.63. The van der Waals surface area contributed by atoms with Gasteiger partial charge in [0.25, 0.3) is 0 Å². The Labute approximate surface area is 138 Å². The van der Waals surface area contributed by atoms with Gasteiger partial charge in [0.15, 0.2) is 0 Å². The summed E-state index contributed by atoms with van der Waals surface area (Å²) in [5.41, 5.74) is 2.40. The lowest BCUT2D eigenvalue weighted by atomic mass is 9.94. The van der Waals surface area contributed by atoms with Crippen LogP contribution in [-0.2, 0) is 0 Å². The zero-order valence-electron chi connectivity index (χ0n) is 13.7. The first-order chi connectivity index (χ1) is 11.3. The lowest BCUT2D eigenvalue weighted by molar-refractivity contribution is 0.453. The Bertz CT molecular complexity index is 633. The topological polar surface area (TPSA) is 41.0 Å². The summed E-state index contributed by atoms with van der Waals surface area (Å²) in [5.74, 6) is 1.55.